The van der Waals surface area contributed by atoms with E-state index in [9.17, 15) is 10.1 Å². The molecule has 5 nitrogen and oxygen atoms in total. The van der Waals surface area contributed by atoms with Crippen LogP contribution in [0.15, 0.2) is 18.2 Å². The Morgan fingerprint density at radius 2 is 2.38 bits per heavy atom. The van der Waals surface area contributed by atoms with Crippen molar-refractivity contribution < 1.29 is 9.66 Å². The van der Waals surface area contributed by atoms with E-state index in [1.54, 1.807) is 6.92 Å². The van der Waals surface area contributed by atoms with Crippen LogP contribution < -0.4 is 4.74 Å². The van der Waals surface area contributed by atoms with E-state index in [2.05, 4.69) is 0 Å². The van der Waals surface area contributed by atoms with Crippen molar-refractivity contribution in [3.05, 3.63) is 33.3 Å². The van der Waals surface area contributed by atoms with E-state index in [-0.39, 0.29) is 16.5 Å². The van der Waals surface area contributed by atoms with E-state index >= 15 is 0 Å². The van der Waals surface area contributed by atoms with Gasteiger partial charge in [-0.15, -0.1) is 0 Å². The number of ether oxygens (including phenoxy) is 1. The molecule has 0 heterocycles. The number of non-ortho nitro benzene ring substituents is 1. The first-order chi connectivity index (χ1) is 7.58. The molecule has 0 amide bonds. The van der Waals surface area contributed by atoms with Gasteiger partial charge in [0.1, 0.15) is 11.8 Å². The summed E-state index contributed by atoms with van der Waals surface area (Å²) in [5.41, 5.74) is -0.109. The molecule has 1 atom stereocenters. The van der Waals surface area contributed by atoms with E-state index in [1.165, 1.54) is 18.2 Å². The lowest BCUT2D eigenvalue weighted by molar-refractivity contribution is -0.384. The van der Waals surface area contributed by atoms with Gasteiger partial charge in [-0.05, 0) is 12.5 Å². The summed E-state index contributed by atoms with van der Waals surface area (Å²) in [5, 5.41) is 19.3. The third-order valence-electron chi connectivity index (χ3n) is 1.91. The van der Waals surface area contributed by atoms with Crippen LogP contribution in [0.4, 0.5) is 5.69 Å². The smallest absolute Gasteiger partial charge is 0.271 e. The predicted octanol–water partition coefficient (Wildman–Crippen LogP) is 2.93. The zero-order valence-electron chi connectivity index (χ0n) is 8.51. The second kappa shape index (κ2) is 5.33. The van der Waals surface area contributed by atoms with E-state index in [0.29, 0.717) is 6.42 Å². The van der Waals surface area contributed by atoms with Crippen LogP contribution in [0.1, 0.15) is 13.3 Å². The summed E-state index contributed by atoms with van der Waals surface area (Å²) in [4.78, 5) is 9.91. The summed E-state index contributed by atoms with van der Waals surface area (Å²) in [6.07, 6.45) is -0.0805. The number of nitrogens with zero attached hydrogens (tertiary/aromatic N) is 2. The molecule has 0 aliphatic rings. The molecule has 16 heavy (non-hydrogen) atoms. The maximum absolute atomic E-state index is 10.5. The normalized spacial score (nSPS) is 11.6. The molecule has 0 aliphatic carbocycles. The Hall–Kier alpha value is -1.80. The van der Waals surface area contributed by atoms with Crippen LogP contribution in [0, 0.1) is 21.4 Å². The highest BCUT2D eigenvalue weighted by Crippen LogP contribution is 2.29. The van der Waals surface area contributed by atoms with Crippen molar-refractivity contribution >= 4 is 17.3 Å². The molecular formula is C10H9ClN2O3. The number of nitriles is 1. The van der Waals surface area contributed by atoms with Crippen LogP contribution in [-0.2, 0) is 0 Å². The highest BCUT2D eigenvalue weighted by Gasteiger charge is 2.13. The maximum atomic E-state index is 10.5. The van der Waals surface area contributed by atoms with Crippen LogP contribution in [-0.4, -0.2) is 11.0 Å². The summed E-state index contributed by atoms with van der Waals surface area (Å²) in [7, 11) is 0. The number of hydrogen-bond acceptors (Lipinski definition) is 4. The first kappa shape index (κ1) is 12.3. The summed E-state index contributed by atoms with van der Waals surface area (Å²) >= 11 is 5.79. The Balaban J connectivity index is 2.92. The molecule has 0 N–H and O–H groups in total. The van der Waals surface area contributed by atoms with Crippen LogP contribution >= 0.6 is 11.6 Å². The predicted molar refractivity (Wildman–Crippen MR) is 58.4 cm³/mol. The lowest BCUT2D eigenvalue weighted by atomic mass is 10.3. The van der Waals surface area contributed by atoms with Gasteiger partial charge < -0.3 is 4.74 Å². The van der Waals surface area contributed by atoms with Gasteiger partial charge in [-0.2, -0.15) is 5.26 Å². The average Bonchev–Trinajstić information content (AvgIpc) is 2.27. The quantitative estimate of drug-likeness (QED) is 0.599. The van der Waals surface area contributed by atoms with Gasteiger partial charge in [0.2, 0.25) is 0 Å². The monoisotopic (exact) mass is 240 g/mol. The van der Waals surface area contributed by atoms with Gasteiger partial charge in [-0.25, -0.2) is 0 Å². The summed E-state index contributed by atoms with van der Waals surface area (Å²) in [5.74, 6) is 0.278. The molecule has 1 aromatic rings. The molecule has 0 saturated carbocycles. The highest BCUT2D eigenvalue weighted by atomic mass is 35.5. The van der Waals surface area contributed by atoms with E-state index < -0.39 is 11.0 Å². The summed E-state index contributed by atoms with van der Waals surface area (Å²) in [6.45, 7) is 1.80. The average molecular weight is 241 g/mol. The number of rotatable bonds is 4. The van der Waals surface area contributed by atoms with Crippen molar-refractivity contribution in [1.29, 1.82) is 5.26 Å². The van der Waals surface area contributed by atoms with E-state index in [0.717, 1.165) is 0 Å². The van der Waals surface area contributed by atoms with E-state index in [4.69, 9.17) is 21.6 Å². The molecule has 1 aromatic carbocycles. The molecule has 84 valence electrons. The van der Waals surface area contributed by atoms with Crippen molar-refractivity contribution in [1.82, 2.24) is 0 Å². The van der Waals surface area contributed by atoms with Crippen LogP contribution in [0.2, 0.25) is 5.02 Å². The van der Waals surface area contributed by atoms with Crippen molar-refractivity contribution in [3.8, 4) is 11.8 Å². The molecule has 0 fully saturated rings. The lowest BCUT2D eigenvalue weighted by Crippen LogP contribution is -2.12. The van der Waals surface area contributed by atoms with Crippen molar-refractivity contribution in [2.24, 2.45) is 0 Å². The molecule has 0 spiro atoms. The van der Waals surface area contributed by atoms with Crippen molar-refractivity contribution in [3.63, 3.8) is 0 Å². The number of benzene rings is 1. The highest BCUT2D eigenvalue weighted by molar-refractivity contribution is 6.32. The minimum atomic E-state index is -0.598. The zero-order valence-corrected chi connectivity index (χ0v) is 9.27. The van der Waals surface area contributed by atoms with Crippen molar-refractivity contribution in [2.45, 2.75) is 19.4 Å². The van der Waals surface area contributed by atoms with Gasteiger partial charge in [0.15, 0.2) is 6.10 Å². The number of nitro groups is 1. The van der Waals surface area contributed by atoms with Gasteiger partial charge in [-0.1, -0.05) is 18.5 Å². The second-order valence-corrected chi connectivity index (χ2v) is 3.42. The fraction of sp³-hybridized carbons (Fsp3) is 0.300. The number of halogens is 1. The first-order valence-corrected chi connectivity index (χ1v) is 4.96. The second-order valence-electron chi connectivity index (χ2n) is 3.02. The topological polar surface area (TPSA) is 76.2 Å². The number of hydrogen-bond donors (Lipinski definition) is 0. The molecule has 1 rings (SSSR count). The Morgan fingerprint density at radius 3 is 2.81 bits per heavy atom. The summed E-state index contributed by atoms with van der Waals surface area (Å²) < 4.78 is 5.26. The van der Waals surface area contributed by atoms with E-state index in [1.807, 2.05) is 6.07 Å². The minimum Gasteiger partial charge on any atom is -0.474 e. The molecule has 0 radical (unpaired) electrons. The lowest BCUT2D eigenvalue weighted by Gasteiger charge is -2.11. The van der Waals surface area contributed by atoms with Gasteiger partial charge in [-0.3, -0.25) is 10.1 Å². The Kier molecular flexibility index (Phi) is 4.09. The van der Waals surface area contributed by atoms with Crippen LogP contribution in [0.3, 0.4) is 0 Å². The standard InChI is InChI=1S/C10H9ClN2O3/c1-2-8(6-12)16-10-4-3-7(13(14)15)5-9(10)11/h3-5,8H,2H2,1H3. The third kappa shape index (κ3) is 2.84. The molecule has 1 unspecified atom stereocenters. The molecule has 0 bridgehead atoms. The molecule has 0 saturated heterocycles. The Bertz CT molecular complexity index is 442. The molecule has 0 aromatic heterocycles. The van der Waals surface area contributed by atoms with Crippen LogP contribution in [0.25, 0.3) is 0 Å². The largest absolute Gasteiger partial charge is 0.474 e. The maximum Gasteiger partial charge on any atom is 0.271 e. The molecule has 0 aliphatic heterocycles. The fourth-order valence-corrected chi connectivity index (χ4v) is 1.27. The zero-order chi connectivity index (χ0) is 12.1. The number of nitro benzene ring substituents is 1. The Morgan fingerprint density at radius 1 is 1.69 bits per heavy atom. The molecular weight excluding hydrogens is 232 g/mol. The van der Waals surface area contributed by atoms with Gasteiger partial charge in [0, 0.05) is 12.1 Å². The SMILES string of the molecule is CCC(C#N)Oc1ccc([N+](=O)[O-])cc1Cl. The van der Waals surface area contributed by atoms with Gasteiger partial charge >= 0.3 is 0 Å². The van der Waals surface area contributed by atoms with Crippen LogP contribution in [0.5, 0.6) is 5.75 Å². The fourth-order valence-electron chi connectivity index (χ4n) is 1.05. The minimum absolute atomic E-state index is 0.109. The third-order valence-corrected chi connectivity index (χ3v) is 2.21. The summed E-state index contributed by atoms with van der Waals surface area (Å²) in [6, 6.07) is 5.82. The molecule has 6 heteroatoms. The van der Waals surface area contributed by atoms with Gasteiger partial charge in [0.05, 0.1) is 9.95 Å². The van der Waals surface area contributed by atoms with Crippen molar-refractivity contribution in [2.75, 3.05) is 0 Å². The Labute approximate surface area is 97.4 Å². The van der Waals surface area contributed by atoms with Gasteiger partial charge in [0.25, 0.3) is 5.69 Å². The first-order valence-electron chi connectivity index (χ1n) is 4.58.